The average molecular weight is 431 g/mol. The van der Waals surface area contributed by atoms with E-state index in [9.17, 15) is 10.2 Å². The van der Waals surface area contributed by atoms with E-state index < -0.39 is 11.2 Å². The standard InChI is InChI=1S/C29H50O2/c1-7-29(31)18-17-27(5)21(19-29)10-11-22-24-13-12-23(28(24,6)16-14-25(22)27)20(2)9-8-15-26(3,4)30/h10,20,22-25,30-31H,7-9,11-19H2,1-6H3/t20-,22?,23-,24+,25?,27+,28-,29+/m1/s1. The van der Waals surface area contributed by atoms with E-state index >= 15 is 0 Å². The van der Waals surface area contributed by atoms with Crippen molar-refractivity contribution in [3.63, 3.8) is 0 Å². The molecule has 0 radical (unpaired) electrons. The van der Waals surface area contributed by atoms with Crippen molar-refractivity contribution in [3.8, 4) is 0 Å². The van der Waals surface area contributed by atoms with Crippen LogP contribution in [-0.4, -0.2) is 21.4 Å². The van der Waals surface area contributed by atoms with E-state index in [1.54, 1.807) is 5.57 Å². The van der Waals surface area contributed by atoms with Crippen molar-refractivity contribution in [2.24, 2.45) is 40.4 Å². The topological polar surface area (TPSA) is 40.5 Å². The third-order valence-corrected chi connectivity index (χ3v) is 11.1. The highest BCUT2D eigenvalue weighted by atomic mass is 16.3. The molecule has 2 N–H and O–H groups in total. The molecule has 0 bridgehead atoms. The smallest absolute Gasteiger partial charge is 0.0682 e. The minimum atomic E-state index is -0.522. The number of rotatable bonds is 6. The van der Waals surface area contributed by atoms with E-state index in [1.807, 2.05) is 13.8 Å². The van der Waals surface area contributed by atoms with Crippen molar-refractivity contribution in [3.05, 3.63) is 11.6 Å². The molecule has 4 aliphatic rings. The van der Waals surface area contributed by atoms with Gasteiger partial charge in [-0.25, -0.2) is 0 Å². The van der Waals surface area contributed by atoms with Crippen LogP contribution in [0.15, 0.2) is 11.6 Å². The summed E-state index contributed by atoms with van der Waals surface area (Å²) in [5, 5.41) is 21.1. The first kappa shape index (κ1) is 23.8. The Morgan fingerprint density at radius 3 is 2.52 bits per heavy atom. The van der Waals surface area contributed by atoms with Gasteiger partial charge in [0.2, 0.25) is 0 Å². The van der Waals surface area contributed by atoms with Crippen LogP contribution in [-0.2, 0) is 0 Å². The van der Waals surface area contributed by atoms with Gasteiger partial charge in [0.1, 0.15) is 0 Å². The fraction of sp³-hybridized carbons (Fsp3) is 0.931. The summed E-state index contributed by atoms with van der Waals surface area (Å²) in [6.07, 6.45) is 16.8. The number of hydrogen-bond donors (Lipinski definition) is 2. The maximum atomic E-state index is 11.0. The lowest BCUT2D eigenvalue weighted by atomic mass is 9.46. The SMILES string of the molecule is CC[C@]1(O)CC[C@@]2(C)C(=CCC3C2CC[C@]2(C)[C@@H]([C@H](C)CCCC(C)(C)O)CC[C@@H]32)C1. The molecule has 0 amide bonds. The average Bonchev–Trinajstić information content (AvgIpc) is 3.05. The molecule has 0 saturated heterocycles. The highest BCUT2D eigenvalue weighted by Gasteiger charge is 2.59. The van der Waals surface area contributed by atoms with Crippen molar-refractivity contribution in [1.29, 1.82) is 0 Å². The van der Waals surface area contributed by atoms with Gasteiger partial charge in [-0.05, 0) is 118 Å². The zero-order valence-corrected chi connectivity index (χ0v) is 21.3. The Labute approximate surface area is 192 Å². The zero-order valence-electron chi connectivity index (χ0n) is 21.3. The number of allylic oxidation sites excluding steroid dienone is 1. The van der Waals surface area contributed by atoms with Gasteiger partial charge in [0.15, 0.2) is 0 Å². The summed E-state index contributed by atoms with van der Waals surface area (Å²) in [5.41, 5.74) is 1.48. The molecule has 8 atom stereocenters. The Balaban J connectivity index is 1.48. The molecule has 2 nitrogen and oxygen atoms in total. The second-order valence-corrected chi connectivity index (χ2v) is 13.4. The lowest BCUT2D eigenvalue weighted by molar-refractivity contribution is -0.0756. The number of aliphatic hydroxyl groups is 2. The lowest BCUT2D eigenvalue weighted by Gasteiger charge is -2.59. The fourth-order valence-electron chi connectivity index (χ4n) is 9.05. The van der Waals surface area contributed by atoms with E-state index in [2.05, 4.69) is 33.8 Å². The molecule has 0 aliphatic heterocycles. The largest absolute Gasteiger partial charge is 0.390 e. The van der Waals surface area contributed by atoms with Crippen LogP contribution < -0.4 is 0 Å². The maximum absolute atomic E-state index is 11.0. The van der Waals surface area contributed by atoms with E-state index in [1.165, 1.54) is 44.9 Å². The van der Waals surface area contributed by atoms with Crippen LogP contribution in [0.3, 0.4) is 0 Å². The normalized spacial score (nSPS) is 46.0. The van der Waals surface area contributed by atoms with Crippen molar-refractivity contribution < 1.29 is 10.2 Å². The van der Waals surface area contributed by atoms with Crippen molar-refractivity contribution >= 4 is 0 Å². The summed E-state index contributed by atoms with van der Waals surface area (Å²) in [6.45, 7) is 13.8. The van der Waals surface area contributed by atoms with Gasteiger partial charge in [0.05, 0.1) is 11.2 Å². The molecule has 4 rings (SSSR count). The fourth-order valence-corrected chi connectivity index (χ4v) is 9.05. The molecular weight excluding hydrogens is 380 g/mol. The highest BCUT2D eigenvalue weighted by Crippen LogP contribution is 2.67. The van der Waals surface area contributed by atoms with Gasteiger partial charge in [0.25, 0.3) is 0 Å². The highest BCUT2D eigenvalue weighted by molar-refractivity contribution is 5.27. The van der Waals surface area contributed by atoms with Crippen LogP contribution in [0.25, 0.3) is 0 Å². The Bertz CT molecular complexity index is 689. The van der Waals surface area contributed by atoms with Crippen molar-refractivity contribution in [2.45, 2.75) is 130 Å². The van der Waals surface area contributed by atoms with Crippen LogP contribution in [0.1, 0.15) is 119 Å². The van der Waals surface area contributed by atoms with Gasteiger partial charge in [-0.1, -0.05) is 52.2 Å². The molecule has 3 fully saturated rings. The van der Waals surface area contributed by atoms with Gasteiger partial charge in [-0.2, -0.15) is 0 Å². The first-order valence-electron chi connectivity index (χ1n) is 13.6. The molecule has 3 saturated carbocycles. The predicted molar refractivity (Wildman–Crippen MR) is 130 cm³/mol. The Kier molecular flexibility index (Phi) is 6.26. The molecule has 0 heterocycles. The van der Waals surface area contributed by atoms with Crippen LogP contribution >= 0.6 is 0 Å². The first-order chi connectivity index (χ1) is 14.4. The molecule has 0 aromatic heterocycles. The molecule has 0 spiro atoms. The van der Waals surface area contributed by atoms with Crippen LogP contribution in [0.4, 0.5) is 0 Å². The minimum Gasteiger partial charge on any atom is -0.390 e. The zero-order chi connectivity index (χ0) is 22.7. The summed E-state index contributed by atoms with van der Waals surface area (Å²) in [5.74, 6) is 4.20. The van der Waals surface area contributed by atoms with E-state index in [0.717, 1.165) is 61.7 Å². The third kappa shape index (κ3) is 4.18. The van der Waals surface area contributed by atoms with Gasteiger partial charge >= 0.3 is 0 Å². The van der Waals surface area contributed by atoms with Gasteiger partial charge in [0, 0.05) is 0 Å². The quantitative estimate of drug-likeness (QED) is 0.434. The molecular formula is C29H50O2. The predicted octanol–water partition coefficient (Wildman–Crippen LogP) is 7.28. The molecule has 31 heavy (non-hydrogen) atoms. The van der Waals surface area contributed by atoms with E-state index in [4.69, 9.17) is 0 Å². The van der Waals surface area contributed by atoms with Gasteiger partial charge in [-0.15, -0.1) is 0 Å². The summed E-state index contributed by atoms with van der Waals surface area (Å²) in [4.78, 5) is 0. The van der Waals surface area contributed by atoms with Crippen LogP contribution in [0.2, 0.25) is 0 Å². The van der Waals surface area contributed by atoms with Crippen molar-refractivity contribution in [2.75, 3.05) is 0 Å². The second-order valence-electron chi connectivity index (χ2n) is 13.4. The van der Waals surface area contributed by atoms with Crippen LogP contribution in [0.5, 0.6) is 0 Å². The van der Waals surface area contributed by atoms with Crippen molar-refractivity contribution in [1.82, 2.24) is 0 Å². The number of fused-ring (bicyclic) bond motifs is 5. The molecule has 4 aliphatic carbocycles. The Morgan fingerprint density at radius 2 is 1.84 bits per heavy atom. The molecule has 2 unspecified atom stereocenters. The van der Waals surface area contributed by atoms with Gasteiger partial charge in [-0.3, -0.25) is 0 Å². The minimum absolute atomic E-state index is 0.335. The second kappa shape index (κ2) is 8.15. The maximum Gasteiger partial charge on any atom is 0.0682 e. The van der Waals surface area contributed by atoms with Gasteiger partial charge < -0.3 is 10.2 Å². The molecule has 0 aromatic rings. The third-order valence-electron chi connectivity index (χ3n) is 11.1. The molecule has 2 heteroatoms. The molecule has 178 valence electrons. The first-order valence-corrected chi connectivity index (χ1v) is 13.6. The monoisotopic (exact) mass is 430 g/mol. The molecule has 0 aromatic carbocycles. The summed E-state index contributed by atoms with van der Waals surface area (Å²) in [7, 11) is 0. The van der Waals surface area contributed by atoms with E-state index in [0.29, 0.717) is 10.8 Å². The summed E-state index contributed by atoms with van der Waals surface area (Å²) in [6, 6.07) is 0. The Hall–Kier alpha value is -0.340. The summed E-state index contributed by atoms with van der Waals surface area (Å²) < 4.78 is 0. The summed E-state index contributed by atoms with van der Waals surface area (Å²) >= 11 is 0. The van der Waals surface area contributed by atoms with Crippen LogP contribution in [0, 0.1) is 40.4 Å². The Morgan fingerprint density at radius 1 is 1.10 bits per heavy atom. The number of hydrogen-bond acceptors (Lipinski definition) is 2. The van der Waals surface area contributed by atoms with E-state index in [-0.39, 0.29) is 0 Å². The lowest BCUT2D eigenvalue weighted by Crippen LogP contribution is -2.52.